The van der Waals surface area contributed by atoms with Crippen LogP contribution in [-0.2, 0) is 16.1 Å². The number of carboxylic acids is 1. The van der Waals surface area contributed by atoms with Crippen molar-refractivity contribution < 1.29 is 75.9 Å². The van der Waals surface area contributed by atoms with Crippen molar-refractivity contribution in [1.29, 1.82) is 0 Å². The van der Waals surface area contributed by atoms with E-state index < -0.39 is 34.2 Å². The zero-order valence-electron chi connectivity index (χ0n) is 19.5. The Kier molecular flexibility index (Phi) is 7.23. The summed E-state index contributed by atoms with van der Waals surface area (Å²) < 4.78 is 6.44. The summed E-state index contributed by atoms with van der Waals surface area (Å²) in [6, 6.07) is 14.2. The van der Waals surface area contributed by atoms with E-state index in [0.29, 0.717) is 12.4 Å². The third-order valence-electron chi connectivity index (χ3n) is 6.49. The normalized spacial score (nSPS) is 23.7. The fraction of sp³-hybridized carbons (Fsp3) is 0.375. The molecule has 0 spiro atoms. The van der Waals surface area contributed by atoms with Crippen LogP contribution in [0.3, 0.4) is 0 Å². The van der Waals surface area contributed by atoms with Gasteiger partial charge in [-0.05, 0) is 43.7 Å². The monoisotopic (exact) mass is 505 g/mol. The summed E-state index contributed by atoms with van der Waals surface area (Å²) in [7, 11) is 1.61. The molecule has 172 valence electrons. The second-order valence-electron chi connectivity index (χ2n) is 8.94. The van der Waals surface area contributed by atoms with E-state index in [9.17, 15) is 19.8 Å². The third kappa shape index (κ3) is 4.13. The van der Waals surface area contributed by atoms with Crippen molar-refractivity contribution in [3.05, 3.63) is 59.9 Å². The van der Waals surface area contributed by atoms with Crippen LogP contribution in [0.25, 0.3) is 11.0 Å². The number of methoxy groups -OCH3 is 1. The van der Waals surface area contributed by atoms with Gasteiger partial charge in [0.1, 0.15) is 23.6 Å². The minimum Gasteiger partial charge on any atom is -0.548 e. The molecular formula is C24H24KN3O5S. The number of thioether (sulfide) groups is 1. The second-order valence-corrected chi connectivity index (χ2v) is 10.7. The number of nitrogens with zero attached hydrogens (tertiary/aromatic N) is 3. The Labute approximate surface area is 244 Å². The summed E-state index contributed by atoms with van der Waals surface area (Å²) in [5.41, 5.74) is 2.55. The van der Waals surface area contributed by atoms with Crippen molar-refractivity contribution >= 4 is 34.7 Å². The molecule has 2 saturated heterocycles. The van der Waals surface area contributed by atoms with Gasteiger partial charge in [0.05, 0.1) is 35.5 Å². The van der Waals surface area contributed by atoms with E-state index >= 15 is 0 Å². The van der Waals surface area contributed by atoms with Gasteiger partial charge in [-0.15, -0.1) is 11.8 Å². The van der Waals surface area contributed by atoms with Crippen LogP contribution in [0.4, 0.5) is 0 Å². The topological polar surface area (TPSA) is 108 Å². The van der Waals surface area contributed by atoms with Crippen LogP contribution in [0.2, 0.25) is 0 Å². The van der Waals surface area contributed by atoms with Crippen molar-refractivity contribution in [2.75, 3.05) is 7.11 Å². The zero-order chi connectivity index (χ0) is 23.5. The molecule has 0 aliphatic carbocycles. The number of para-hydroxylation sites is 2. The number of aromatic nitrogens is 2. The van der Waals surface area contributed by atoms with Crippen molar-refractivity contribution in [3.63, 3.8) is 0 Å². The van der Waals surface area contributed by atoms with Gasteiger partial charge in [0.15, 0.2) is 0 Å². The Hall–Kier alpha value is -1.40. The number of benzene rings is 2. The predicted octanol–water partition coefficient (Wildman–Crippen LogP) is -1.44. The molecule has 2 fully saturated rings. The summed E-state index contributed by atoms with van der Waals surface area (Å²) in [6.07, 6.45) is -1.17. The number of ether oxygens (including phenoxy) is 1. The van der Waals surface area contributed by atoms with Gasteiger partial charge in [-0.25, -0.2) is 4.98 Å². The van der Waals surface area contributed by atoms with Gasteiger partial charge >= 0.3 is 51.4 Å². The Morgan fingerprint density at radius 3 is 2.56 bits per heavy atom. The summed E-state index contributed by atoms with van der Waals surface area (Å²) in [6.45, 7) is 4.02. The quantitative estimate of drug-likeness (QED) is 0.323. The van der Waals surface area contributed by atoms with Gasteiger partial charge in [0.25, 0.3) is 0 Å². The number of aliphatic carboxylic acids is 1. The first-order valence-corrected chi connectivity index (χ1v) is 11.6. The maximum absolute atomic E-state index is 13.0. The molecule has 1 amide bonds. The van der Waals surface area contributed by atoms with Gasteiger partial charge < -0.3 is 29.2 Å². The minimum absolute atomic E-state index is 0. The summed E-state index contributed by atoms with van der Waals surface area (Å²) in [4.78, 5) is 30.7. The van der Waals surface area contributed by atoms with Crippen LogP contribution < -0.4 is 61.2 Å². The number of aliphatic hydroxyl groups is 1. The molecule has 0 bridgehead atoms. The molecule has 0 saturated carbocycles. The molecule has 2 aliphatic heterocycles. The molecule has 34 heavy (non-hydrogen) atoms. The first-order valence-electron chi connectivity index (χ1n) is 10.7. The summed E-state index contributed by atoms with van der Waals surface area (Å²) in [5, 5.41) is 22.6. The van der Waals surface area contributed by atoms with E-state index in [2.05, 4.69) is 4.98 Å². The zero-order valence-corrected chi connectivity index (χ0v) is 23.4. The molecule has 10 heteroatoms. The van der Waals surface area contributed by atoms with E-state index in [-0.39, 0.29) is 57.3 Å². The number of aliphatic hydroxyl groups excluding tert-OH is 1. The van der Waals surface area contributed by atoms with Gasteiger partial charge in [-0.1, -0.05) is 24.3 Å². The Bertz CT molecular complexity index is 1250. The maximum atomic E-state index is 13.0. The molecule has 0 unspecified atom stereocenters. The first kappa shape index (κ1) is 25.7. The van der Waals surface area contributed by atoms with Crippen molar-refractivity contribution in [1.82, 2.24) is 14.5 Å². The van der Waals surface area contributed by atoms with Crippen LogP contribution in [-0.4, -0.2) is 54.7 Å². The van der Waals surface area contributed by atoms with Gasteiger partial charge in [-0.3, -0.25) is 4.79 Å². The van der Waals surface area contributed by atoms with Crippen LogP contribution in [0.15, 0.2) is 48.5 Å². The summed E-state index contributed by atoms with van der Waals surface area (Å²) in [5.74, 6) is -1.30. The van der Waals surface area contributed by atoms with Crippen molar-refractivity contribution in [2.24, 2.45) is 5.92 Å². The number of carbonyl (C=O) groups excluding carboxylic acids is 2. The number of amides is 1. The SMILES string of the molecule is COc1ccc(Cn2c([C@@H](O)[C@@H]3C(=O)N4[C@@H]3SC(C)(C)[C@@H]4C(=O)[O-])nc3ccccc32)cc1.[K+]. The van der Waals surface area contributed by atoms with E-state index in [1.165, 1.54) is 16.7 Å². The Morgan fingerprint density at radius 2 is 1.91 bits per heavy atom. The number of imidazole rings is 1. The second kappa shape index (κ2) is 9.57. The molecule has 3 aromatic rings. The third-order valence-corrected chi connectivity index (χ3v) is 8.09. The predicted molar refractivity (Wildman–Crippen MR) is 121 cm³/mol. The number of hydrogen-bond acceptors (Lipinski definition) is 7. The fourth-order valence-electron chi connectivity index (χ4n) is 4.87. The number of β-lactam (4-membered cyclic amide) rings is 1. The molecule has 2 aliphatic rings. The molecule has 5 rings (SSSR count). The largest absolute Gasteiger partial charge is 1.00 e. The van der Waals surface area contributed by atoms with Gasteiger partial charge in [-0.2, -0.15) is 0 Å². The van der Waals surface area contributed by atoms with Crippen LogP contribution in [0, 0.1) is 5.92 Å². The van der Waals surface area contributed by atoms with Crippen LogP contribution in [0.5, 0.6) is 5.75 Å². The Balaban J connectivity index is 0.00000274. The van der Waals surface area contributed by atoms with E-state index in [0.717, 1.165) is 22.3 Å². The standard InChI is InChI=1S/C24H25N3O5S.K/c1-24(2)19(23(30)31)27-21(29)17(22(27)33-24)18(28)20-25-15-6-4-5-7-16(15)26(20)12-13-8-10-14(32-3)11-9-13;/h4-11,17-19,22,28H,12H2,1-3H3,(H,30,31);/q;+1/p-1/t17-,18+,19+,22-;/m1./s1. The van der Waals surface area contributed by atoms with Crippen molar-refractivity contribution in [3.8, 4) is 5.75 Å². The number of rotatable bonds is 6. The fourth-order valence-corrected chi connectivity index (χ4v) is 6.59. The molecular weight excluding hydrogens is 481 g/mol. The molecule has 4 atom stereocenters. The number of fused-ring (bicyclic) bond motifs is 2. The van der Waals surface area contributed by atoms with E-state index in [4.69, 9.17) is 4.74 Å². The van der Waals surface area contributed by atoms with Crippen LogP contribution in [0.1, 0.15) is 31.3 Å². The number of carboxylic acid groups (broad SMARTS) is 1. The maximum Gasteiger partial charge on any atom is 1.00 e. The molecule has 2 aromatic carbocycles. The summed E-state index contributed by atoms with van der Waals surface area (Å²) >= 11 is 1.38. The van der Waals surface area contributed by atoms with Gasteiger partial charge in [0, 0.05) is 11.3 Å². The first-order chi connectivity index (χ1) is 15.7. The number of carbonyl (C=O) groups is 2. The van der Waals surface area contributed by atoms with Gasteiger partial charge in [0.2, 0.25) is 5.91 Å². The van der Waals surface area contributed by atoms with Crippen molar-refractivity contribution in [2.45, 2.75) is 42.7 Å². The average molecular weight is 506 g/mol. The molecule has 3 heterocycles. The molecule has 0 radical (unpaired) electrons. The average Bonchev–Trinajstić information content (AvgIpc) is 3.27. The van der Waals surface area contributed by atoms with Crippen LogP contribution >= 0.6 is 11.8 Å². The minimum atomic E-state index is -1.27. The number of hydrogen-bond donors (Lipinski definition) is 1. The molecule has 1 N–H and O–H groups in total. The van der Waals surface area contributed by atoms with E-state index in [1.54, 1.807) is 21.0 Å². The molecule has 1 aromatic heterocycles. The smallest absolute Gasteiger partial charge is 0.548 e. The Morgan fingerprint density at radius 1 is 1.24 bits per heavy atom. The van der Waals surface area contributed by atoms with E-state index in [1.807, 2.05) is 53.1 Å². The molecule has 8 nitrogen and oxygen atoms in total.